The second kappa shape index (κ2) is 5.57. The van der Waals surface area contributed by atoms with Crippen molar-refractivity contribution in [2.75, 3.05) is 7.11 Å². The zero-order valence-electron chi connectivity index (χ0n) is 11.5. The molecule has 0 aromatic carbocycles. The molecule has 0 fully saturated rings. The van der Waals surface area contributed by atoms with E-state index in [9.17, 15) is 0 Å². The maximum absolute atomic E-state index is 6.10. The average molecular weight is 249 g/mol. The van der Waals surface area contributed by atoms with Gasteiger partial charge in [0.1, 0.15) is 5.69 Å². The Labute approximate surface area is 109 Å². The molecular formula is C14H23N3O. The van der Waals surface area contributed by atoms with Gasteiger partial charge < -0.3 is 10.5 Å². The molecule has 0 saturated heterocycles. The summed E-state index contributed by atoms with van der Waals surface area (Å²) in [6.45, 7) is 4.26. The molecule has 1 unspecified atom stereocenters. The Morgan fingerprint density at radius 2 is 2.22 bits per heavy atom. The third kappa shape index (κ3) is 2.58. The highest BCUT2D eigenvalue weighted by molar-refractivity contribution is 5.68. The number of hydrogen-bond donors (Lipinski definition) is 1. The lowest BCUT2D eigenvalue weighted by Gasteiger charge is -2.15. The van der Waals surface area contributed by atoms with E-state index in [0.717, 1.165) is 24.3 Å². The summed E-state index contributed by atoms with van der Waals surface area (Å²) in [4.78, 5) is 0. The van der Waals surface area contributed by atoms with E-state index in [4.69, 9.17) is 10.5 Å². The monoisotopic (exact) mass is 249 g/mol. The van der Waals surface area contributed by atoms with Gasteiger partial charge in [-0.25, -0.2) is 0 Å². The van der Waals surface area contributed by atoms with Crippen molar-refractivity contribution in [3.63, 3.8) is 0 Å². The molecular weight excluding hydrogens is 226 g/mol. The van der Waals surface area contributed by atoms with Crippen molar-refractivity contribution in [1.29, 1.82) is 0 Å². The van der Waals surface area contributed by atoms with Crippen molar-refractivity contribution in [2.24, 2.45) is 5.73 Å². The van der Waals surface area contributed by atoms with Gasteiger partial charge in [0.15, 0.2) is 5.75 Å². The Balaban J connectivity index is 2.44. The maximum Gasteiger partial charge on any atom is 0.164 e. The first-order chi connectivity index (χ1) is 8.63. The zero-order chi connectivity index (χ0) is 13.1. The molecule has 0 aliphatic heterocycles. The van der Waals surface area contributed by atoms with Gasteiger partial charge in [0.25, 0.3) is 0 Å². The van der Waals surface area contributed by atoms with Crippen molar-refractivity contribution in [2.45, 2.75) is 51.6 Å². The molecule has 4 heteroatoms. The first kappa shape index (κ1) is 13.1. The van der Waals surface area contributed by atoms with Crippen LogP contribution in [0.5, 0.6) is 5.75 Å². The fourth-order valence-electron chi connectivity index (χ4n) is 2.51. The van der Waals surface area contributed by atoms with Gasteiger partial charge in [-0.1, -0.05) is 12.5 Å². The third-order valence-corrected chi connectivity index (χ3v) is 3.42. The minimum absolute atomic E-state index is 0.155. The topological polar surface area (TPSA) is 53.1 Å². The number of nitrogens with zero attached hydrogens (tertiary/aromatic N) is 2. The molecule has 0 radical (unpaired) electrons. The number of rotatable bonds is 3. The lowest BCUT2D eigenvalue weighted by atomic mass is 10.1. The van der Waals surface area contributed by atoms with Crippen LogP contribution in [0.15, 0.2) is 12.3 Å². The van der Waals surface area contributed by atoms with Crippen molar-refractivity contribution >= 4 is 5.57 Å². The standard InChI is InChI=1S/C14H23N3O/c1-10(2)17-14(13(18-3)9-16-17)11-6-4-5-7-12(15)8-11/h8-10,12H,4-7,15H2,1-3H3. The smallest absolute Gasteiger partial charge is 0.164 e. The quantitative estimate of drug-likeness (QED) is 0.896. The lowest BCUT2D eigenvalue weighted by molar-refractivity contribution is 0.410. The van der Waals surface area contributed by atoms with Crippen LogP contribution in [0.4, 0.5) is 0 Å². The number of hydrogen-bond acceptors (Lipinski definition) is 3. The van der Waals surface area contributed by atoms with Crippen molar-refractivity contribution in [3.05, 3.63) is 18.0 Å². The second-order valence-corrected chi connectivity index (χ2v) is 5.20. The van der Waals surface area contributed by atoms with E-state index in [1.54, 1.807) is 13.3 Å². The molecule has 1 aliphatic rings. The van der Waals surface area contributed by atoms with E-state index >= 15 is 0 Å². The minimum atomic E-state index is 0.155. The molecule has 1 aromatic rings. The lowest BCUT2D eigenvalue weighted by Crippen LogP contribution is -2.16. The van der Waals surface area contributed by atoms with Crippen LogP contribution < -0.4 is 10.5 Å². The highest BCUT2D eigenvalue weighted by Crippen LogP contribution is 2.33. The Kier molecular flexibility index (Phi) is 4.07. The Hall–Kier alpha value is -1.29. The molecule has 1 aliphatic carbocycles. The molecule has 0 amide bonds. The fraction of sp³-hybridized carbons (Fsp3) is 0.643. The van der Waals surface area contributed by atoms with Crippen LogP contribution in [0.25, 0.3) is 5.57 Å². The van der Waals surface area contributed by atoms with Gasteiger partial charge in [-0.05, 0) is 38.7 Å². The van der Waals surface area contributed by atoms with E-state index in [0.29, 0.717) is 6.04 Å². The molecule has 1 atom stereocenters. The minimum Gasteiger partial charge on any atom is -0.493 e. The van der Waals surface area contributed by atoms with Gasteiger partial charge in [-0.2, -0.15) is 5.10 Å². The zero-order valence-corrected chi connectivity index (χ0v) is 11.5. The summed E-state index contributed by atoms with van der Waals surface area (Å²) in [7, 11) is 1.70. The highest BCUT2D eigenvalue weighted by atomic mass is 16.5. The predicted molar refractivity (Wildman–Crippen MR) is 73.6 cm³/mol. The number of methoxy groups -OCH3 is 1. The van der Waals surface area contributed by atoms with E-state index in [1.165, 1.54) is 18.4 Å². The van der Waals surface area contributed by atoms with E-state index in [1.807, 2.05) is 4.68 Å². The SMILES string of the molecule is COc1cnn(C(C)C)c1C1=CC(N)CCCC1. The van der Waals surface area contributed by atoms with Crippen molar-refractivity contribution in [3.8, 4) is 5.75 Å². The average Bonchev–Trinajstić information content (AvgIpc) is 2.66. The first-order valence-electron chi connectivity index (χ1n) is 6.71. The van der Waals surface area contributed by atoms with Crippen LogP contribution >= 0.6 is 0 Å². The van der Waals surface area contributed by atoms with Crippen LogP contribution in [-0.2, 0) is 0 Å². The highest BCUT2D eigenvalue weighted by Gasteiger charge is 2.20. The van der Waals surface area contributed by atoms with Crippen LogP contribution in [0.3, 0.4) is 0 Å². The summed E-state index contributed by atoms with van der Waals surface area (Å²) in [5.74, 6) is 0.851. The van der Waals surface area contributed by atoms with Gasteiger partial charge in [-0.3, -0.25) is 4.68 Å². The molecule has 100 valence electrons. The maximum atomic E-state index is 6.10. The molecule has 1 aromatic heterocycles. The summed E-state index contributed by atoms with van der Waals surface area (Å²) in [5, 5.41) is 4.43. The van der Waals surface area contributed by atoms with Crippen molar-refractivity contribution in [1.82, 2.24) is 9.78 Å². The second-order valence-electron chi connectivity index (χ2n) is 5.20. The molecule has 2 N–H and O–H groups in total. The van der Waals surface area contributed by atoms with E-state index < -0.39 is 0 Å². The largest absolute Gasteiger partial charge is 0.493 e. The predicted octanol–water partition coefficient (Wildman–Crippen LogP) is 2.76. The summed E-state index contributed by atoms with van der Waals surface area (Å²) in [6, 6.07) is 0.479. The third-order valence-electron chi connectivity index (χ3n) is 3.42. The molecule has 0 spiro atoms. The number of allylic oxidation sites excluding steroid dienone is 1. The Morgan fingerprint density at radius 3 is 2.89 bits per heavy atom. The summed E-state index contributed by atoms with van der Waals surface area (Å²) in [6.07, 6.45) is 8.49. The molecule has 4 nitrogen and oxygen atoms in total. The molecule has 2 rings (SSSR count). The summed E-state index contributed by atoms with van der Waals surface area (Å²) < 4.78 is 7.47. The summed E-state index contributed by atoms with van der Waals surface area (Å²) >= 11 is 0. The van der Waals surface area contributed by atoms with Crippen molar-refractivity contribution < 1.29 is 4.74 Å². The van der Waals surface area contributed by atoms with E-state index in [-0.39, 0.29) is 6.04 Å². The normalized spacial score (nSPS) is 20.7. The number of ether oxygens (including phenoxy) is 1. The van der Waals surface area contributed by atoms with Crippen LogP contribution in [0, 0.1) is 0 Å². The summed E-state index contributed by atoms with van der Waals surface area (Å²) in [5.41, 5.74) is 8.48. The molecule has 18 heavy (non-hydrogen) atoms. The molecule has 1 heterocycles. The number of nitrogens with two attached hydrogens (primary N) is 1. The first-order valence-corrected chi connectivity index (χ1v) is 6.71. The van der Waals surface area contributed by atoms with Gasteiger partial charge in [-0.15, -0.1) is 0 Å². The van der Waals surface area contributed by atoms with Crippen LogP contribution in [0.2, 0.25) is 0 Å². The van der Waals surface area contributed by atoms with Gasteiger partial charge in [0, 0.05) is 12.1 Å². The molecule has 0 saturated carbocycles. The van der Waals surface area contributed by atoms with Crippen LogP contribution in [-0.4, -0.2) is 22.9 Å². The molecule has 0 bridgehead atoms. The van der Waals surface area contributed by atoms with E-state index in [2.05, 4.69) is 25.0 Å². The fourth-order valence-corrected chi connectivity index (χ4v) is 2.51. The van der Waals surface area contributed by atoms with Gasteiger partial charge in [0.05, 0.1) is 13.3 Å². The van der Waals surface area contributed by atoms with Crippen LogP contribution in [0.1, 0.15) is 51.3 Å². The van der Waals surface area contributed by atoms with Gasteiger partial charge >= 0.3 is 0 Å². The Bertz CT molecular complexity index is 434. The number of aromatic nitrogens is 2. The Morgan fingerprint density at radius 1 is 1.44 bits per heavy atom. The van der Waals surface area contributed by atoms with Gasteiger partial charge in [0.2, 0.25) is 0 Å².